The number of carbonyl (C=O) groups is 1. The largest absolute Gasteiger partial charge is 0.444 e. The fraction of sp³-hybridized carbons (Fsp3) is 0.938. The van der Waals surface area contributed by atoms with Gasteiger partial charge in [-0.05, 0) is 33.6 Å². The Morgan fingerprint density at radius 2 is 2.05 bits per heavy atom. The lowest BCUT2D eigenvalue weighted by molar-refractivity contribution is -0.101. The van der Waals surface area contributed by atoms with Crippen molar-refractivity contribution >= 4 is 6.09 Å². The predicted molar refractivity (Wildman–Crippen MR) is 86.1 cm³/mol. The molecular weight excluding hydrogens is 284 g/mol. The molecule has 6 heteroatoms. The number of rotatable bonds is 9. The van der Waals surface area contributed by atoms with Crippen LogP contribution in [0.15, 0.2) is 0 Å². The average Bonchev–Trinajstić information content (AvgIpc) is 2.36. The topological polar surface area (TPSA) is 68.8 Å². The second-order valence-corrected chi connectivity index (χ2v) is 7.41. The molecule has 0 aliphatic carbocycles. The van der Waals surface area contributed by atoms with Crippen molar-refractivity contribution in [3.05, 3.63) is 0 Å². The summed E-state index contributed by atoms with van der Waals surface area (Å²) in [6.45, 7) is 11.6. The molecule has 22 heavy (non-hydrogen) atoms. The molecular formula is C16H32N2O4. The van der Waals surface area contributed by atoms with E-state index in [0.29, 0.717) is 19.2 Å². The van der Waals surface area contributed by atoms with Crippen molar-refractivity contribution in [1.29, 1.82) is 0 Å². The zero-order valence-electron chi connectivity index (χ0n) is 14.7. The van der Waals surface area contributed by atoms with Crippen LogP contribution in [-0.4, -0.2) is 57.8 Å². The third kappa shape index (κ3) is 7.96. The van der Waals surface area contributed by atoms with Crippen LogP contribution in [0.4, 0.5) is 4.79 Å². The highest BCUT2D eigenvalue weighted by Gasteiger charge is 2.33. The van der Waals surface area contributed by atoms with E-state index in [4.69, 9.17) is 14.2 Å². The van der Waals surface area contributed by atoms with Crippen LogP contribution in [-0.2, 0) is 14.2 Å². The lowest BCUT2D eigenvalue weighted by atomic mass is 9.88. The van der Waals surface area contributed by atoms with Crippen molar-refractivity contribution in [2.24, 2.45) is 5.41 Å². The third-order valence-electron chi connectivity index (χ3n) is 3.48. The van der Waals surface area contributed by atoms with Gasteiger partial charge < -0.3 is 24.8 Å². The monoisotopic (exact) mass is 316 g/mol. The average molecular weight is 316 g/mol. The molecule has 0 saturated carbocycles. The van der Waals surface area contributed by atoms with Crippen molar-refractivity contribution in [3.63, 3.8) is 0 Å². The maximum atomic E-state index is 11.5. The van der Waals surface area contributed by atoms with Gasteiger partial charge in [0.05, 0.1) is 19.8 Å². The fourth-order valence-electron chi connectivity index (χ4n) is 2.24. The minimum absolute atomic E-state index is 0.251. The maximum Gasteiger partial charge on any atom is 0.407 e. The molecule has 0 radical (unpaired) electrons. The number of carbonyl (C=O) groups excluding carboxylic acids is 1. The normalized spacial score (nSPS) is 18.4. The molecule has 130 valence electrons. The van der Waals surface area contributed by atoms with Gasteiger partial charge in [-0.2, -0.15) is 0 Å². The Morgan fingerprint density at radius 3 is 2.55 bits per heavy atom. The summed E-state index contributed by atoms with van der Waals surface area (Å²) >= 11 is 0. The van der Waals surface area contributed by atoms with Crippen LogP contribution in [0.25, 0.3) is 0 Å². The smallest absolute Gasteiger partial charge is 0.407 e. The summed E-state index contributed by atoms with van der Waals surface area (Å²) in [5.74, 6) is 0. The summed E-state index contributed by atoms with van der Waals surface area (Å²) in [6, 6.07) is 0.294. The Morgan fingerprint density at radius 1 is 1.36 bits per heavy atom. The number of amides is 1. The van der Waals surface area contributed by atoms with Gasteiger partial charge in [-0.1, -0.05) is 6.92 Å². The number of ether oxygens (including phenoxy) is 3. The van der Waals surface area contributed by atoms with Crippen molar-refractivity contribution in [3.8, 4) is 0 Å². The first-order valence-electron chi connectivity index (χ1n) is 8.01. The van der Waals surface area contributed by atoms with Gasteiger partial charge in [0.15, 0.2) is 0 Å². The summed E-state index contributed by atoms with van der Waals surface area (Å²) in [5.41, 5.74) is -0.203. The standard InChI is InChI=1S/C16H32N2O4/c1-15(2,3)22-14(19)17-8-6-7-13(9-20-5)18-10-16(4)11-21-12-16/h13,18H,6-12H2,1-5H3,(H,17,19). The van der Waals surface area contributed by atoms with Crippen LogP contribution in [0.5, 0.6) is 0 Å². The van der Waals surface area contributed by atoms with Gasteiger partial charge in [-0.15, -0.1) is 0 Å². The van der Waals surface area contributed by atoms with Gasteiger partial charge in [0, 0.05) is 31.7 Å². The molecule has 1 unspecified atom stereocenters. The van der Waals surface area contributed by atoms with E-state index in [9.17, 15) is 4.79 Å². The molecule has 1 heterocycles. The summed E-state index contributed by atoms with van der Waals surface area (Å²) in [4.78, 5) is 11.5. The zero-order chi connectivity index (χ0) is 16.6. The molecule has 1 aliphatic rings. The first-order valence-corrected chi connectivity index (χ1v) is 8.01. The minimum atomic E-state index is -0.454. The number of methoxy groups -OCH3 is 1. The molecule has 1 fully saturated rings. The van der Waals surface area contributed by atoms with Crippen molar-refractivity contribution in [1.82, 2.24) is 10.6 Å². The number of hydrogen-bond donors (Lipinski definition) is 2. The second kappa shape index (κ2) is 8.70. The van der Waals surface area contributed by atoms with Crippen LogP contribution in [0, 0.1) is 5.41 Å². The Kier molecular flexibility index (Phi) is 7.59. The Balaban J connectivity index is 2.16. The first-order chi connectivity index (χ1) is 10.2. The van der Waals surface area contributed by atoms with Crippen LogP contribution in [0.1, 0.15) is 40.5 Å². The van der Waals surface area contributed by atoms with Crippen molar-refractivity contribution in [2.45, 2.75) is 52.2 Å². The SMILES string of the molecule is COCC(CCCNC(=O)OC(C)(C)C)NCC1(C)COC1. The first kappa shape index (κ1) is 19.2. The van der Waals surface area contributed by atoms with E-state index in [1.165, 1.54) is 0 Å². The molecule has 0 bridgehead atoms. The van der Waals surface area contributed by atoms with E-state index in [1.54, 1.807) is 7.11 Å². The molecule has 0 aromatic rings. The predicted octanol–water partition coefficient (Wildman–Crippen LogP) is 1.93. The minimum Gasteiger partial charge on any atom is -0.444 e. The van der Waals surface area contributed by atoms with E-state index in [0.717, 1.165) is 32.6 Å². The van der Waals surface area contributed by atoms with Crippen molar-refractivity contribution < 1.29 is 19.0 Å². The van der Waals surface area contributed by atoms with Crippen molar-refractivity contribution in [2.75, 3.05) is 40.0 Å². The van der Waals surface area contributed by atoms with Crippen LogP contribution in [0.2, 0.25) is 0 Å². The van der Waals surface area contributed by atoms with E-state index in [1.807, 2.05) is 20.8 Å². The number of nitrogens with one attached hydrogen (secondary N) is 2. The lowest BCUT2D eigenvalue weighted by Gasteiger charge is -2.39. The van der Waals surface area contributed by atoms with Gasteiger partial charge >= 0.3 is 6.09 Å². The molecule has 0 spiro atoms. The van der Waals surface area contributed by atoms with E-state index in [-0.39, 0.29) is 11.5 Å². The third-order valence-corrected chi connectivity index (χ3v) is 3.48. The van der Waals surface area contributed by atoms with Gasteiger partial charge in [-0.25, -0.2) is 4.79 Å². The van der Waals surface area contributed by atoms with Crippen LogP contribution < -0.4 is 10.6 Å². The number of alkyl carbamates (subject to hydrolysis) is 1. The molecule has 1 atom stereocenters. The van der Waals surface area contributed by atoms with E-state index in [2.05, 4.69) is 17.6 Å². The molecule has 1 amide bonds. The molecule has 1 rings (SSSR count). The fourth-order valence-corrected chi connectivity index (χ4v) is 2.24. The van der Waals surface area contributed by atoms with Crippen LogP contribution >= 0.6 is 0 Å². The summed E-state index contributed by atoms with van der Waals surface area (Å²) in [7, 11) is 1.71. The van der Waals surface area contributed by atoms with Gasteiger partial charge in [0.2, 0.25) is 0 Å². The van der Waals surface area contributed by atoms with Gasteiger partial charge in [-0.3, -0.25) is 0 Å². The number of hydrogen-bond acceptors (Lipinski definition) is 5. The molecule has 1 aliphatic heterocycles. The van der Waals surface area contributed by atoms with E-state index >= 15 is 0 Å². The Labute approximate surface area is 134 Å². The van der Waals surface area contributed by atoms with Gasteiger partial charge in [0.25, 0.3) is 0 Å². The van der Waals surface area contributed by atoms with Crippen LogP contribution in [0.3, 0.4) is 0 Å². The zero-order valence-corrected chi connectivity index (χ0v) is 14.7. The molecule has 6 nitrogen and oxygen atoms in total. The summed E-state index contributed by atoms with van der Waals surface area (Å²) < 4.78 is 15.7. The molecule has 0 aromatic heterocycles. The quantitative estimate of drug-likeness (QED) is 0.636. The molecule has 1 saturated heterocycles. The summed E-state index contributed by atoms with van der Waals surface area (Å²) in [6.07, 6.45) is 1.47. The lowest BCUT2D eigenvalue weighted by Crippen LogP contribution is -2.50. The Bertz CT molecular complexity index is 338. The maximum absolute atomic E-state index is 11.5. The highest BCUT2D eigenvalue weighted by atomic mass is 16.6. The summed E-state index contributed by atoms with van der Waals surface area (Å²) in [5, 5.41) is 6.32. The Hall–Kier alpha value is -0.850. The molecule has 0 aromatic carbocycles. The second-order valence-electron chi connectivity index (χ2n) is 7.41. The van der Waals surface area contributed by atoms with E-state index < -0.39 is 5.60 Å². The van der Waals surface area contributed by atoms with Gasteiger partial charge in [0.1, 0.15) is 5.60 Å². The molecule has 2 N–H and O–H groups in total. The highest BCUT2D eigenvalue weighted by Crippen LogP contribution is 2.25. The highest BCUT2D eigenvalue weighted by molar-refractivity contribution is 5.67.